The molecule has 110 valence electrons. The molecule has 1 saturated carbocycles. The molecule has 20 heavy (non-hydrogen) atoms. The summed E-state index contributed by atoms with van der Waals surface area (Å²) in [5.41, 5.74) is 2.01. The standard InChI is InChI=1S/C16H24N2OS/c1-3-20-15-10-6-9-14(15)17-11-16(19)18-13-8-5-4-7-12(13)2/h4-5,7-8,14-15,17H,3,6,9-11H2,1-2H3,(H,18,19). The molecule has 2 atom stereocenters. The lowest BCUT2D eigenvalue weighted by Crippen LogP contribution is -2.39. The van der Waals surface area contributed by atoms with Crippen molar-refractivity contribution >= 4 is 23.4 Å². The Hall–Kier alpha value is -1.00. The van der Waals surface area contributed by atoms with Gasteiger partial charge in [-0.05, 0) is 37.1 Å². The number of amides is 1. The van der Waals surface area contributed by atoms with Gasteiger partial charge in [0.15, 0.2) is 0 Å². The smallest absolute Gasteiger partial charge is 0.238 e. The Balaban J connectivity index is 1.79. The van der Waals surface area contributed by atoms with Crippen LogP contribution in [0.25, 0.3) is 0 Å². The Kier molecular flexibility index (Phi) is 5.92. The normalized spacial score (nSPS) is 21.9. The van der Waals surface area contributed by atoms with Crippen LogP contribution in [0.4, 0.5) is 5.69 Å². The van der Waals surface area contributed by atoms with E-state index in [0.717, 1.165) is 17.0 Å². The summed E-state index contributed by atoms with van der Waals surface area (Å²) in [6.07, 6.45) is 3.74. The zero-order valence-electron chi connectivity index (χ0n) is 12.3. The van der Waals surface area contributed by atoms with E-state index in [1.54, 1.807) is 0 Å². The molecule has 2 rings (SSSR count). The van der Waals surface area contributed by atoms with E-state index in [0.29, 0.717) is 17.8 Å². The molecule has 1 fully saturated rings. The van der Waals surface area contributed by atoms with Crippen molar-refractivity contribution < 1.29 is 4.79 Å². The zero-order chi connectivity index (χ0) is 14.4. The first-order valence-corrected chi connectivity index (χ1v) is 8.46. The third kappa shape index (κ3) is 4.25. The number of hydrogen-bond donors (Lipinski definition) is 2. The highest BCUT2D eigenvalue weighted by Gasteiger charge is 2.26. The monoisotopic (exact) mass is 292 g/mol. The number of carbonyl (C=O) groups is 1. The average Bonchev–Trinajstić information content (AvgIpc) is 2.87. The number of thioether (sulfide) groups is 1. The summed E-state index contributed by atoms with van der Waals surface area (Å²) in [4.78, 5) is 12.0. The summed E-state index contributed by atoms with van der Waals surface area (Å²) in [5, 5.41) is 7.07. The van der Waals surface area contributed by atoms with Gasteiger partial charge in [0.25, 0.3) is 0 Å². The maximum Gasteiger partial charge on any atom is 0.238 e. The van der Waals surface area contributed by atoms with E-state index in [1.165, 1.54) is 19.3 Å². The molecule has 0 aromatic heterocycles. The highest BCUT2D eigenvalue weighted by atomic mass is 32.2. The Morgan fingerprint density at radius 1 is 1.35 bits per heavy atom. The van der Waals surface area contributed by atoms with Crippen molar-refractivity contribution in [2.75, 3.05) is 17.6 Å². The van der Waals surface area contributed by atoms with Crippen LogP contribution in [0.1, 0.15) is 31.7 Å². The van der Waals surface area contributed by atoms with Crippen LogP contribution in [0, 0.1) is 6.92 Å². The SMILES string of the molecule is CCSC1CCCC1NCC(=O)Nc1ccccc1C. The molecule has 0 saturated heterocycles. The molecule has 2 N–H and O–H groups in total. The molecule has 0 bridgehead atoms. The molecule has 1 aromatic rings. The van der Waals surface area contributed by atoms with Crippen molar-refractivity contribution in [2.24, 2.45) is 0 Å². The number of carbonyl (C=O) groups excluding carboxylic acids is 1. The number of benzene rings is 1. The highest BCUT2D eigenvalue weighted by molar-refractivity contribution is 7.99. The third-order valence-corrected chi connectivity index (χ3v) is 5.10. The molecule has 1 aliphatic carbocycles. The quantitative estimate of drug-likeness (QED) is 0.846. The second-order valence-electron chi connectivity index (χ2n) is 5.28. The Labute approximate surface area is 125 Å². The molecular weight excluding hydrogens is 268 g/mol. The molecular formula is C16H24N2OS. The summed E-state index contributed by atoms with van der Waals surface area (Å²) < 4.78 is 0. The van der Waals surface area contributed by atoms with E-state index in [1.807, 2.05) is 43.0 Å². The first-order valence-electron chi connectivity index (χ1n) is 7.41. The lowest BCUT2D eigenvalue weighted by Gasteiger charge is -2.20. The lowest BCUT2D eigenvalue weighted by molar-refractivity contribution is -0.115. The molecule has 0 spiro atoms. The third-order valence-electron chi connectivity index (χ3n) is 3.78. The summed E-state index contributed by atoms with van der Waals surface area (Å²) >= 11 is 2.01. The lowest BCUT2D eigenvalue weighted by atomic mass is 10.2. The minimum absolute atomic E-state index is 0.0476. The van der Waals surface area contributed by atoms with Crippen LogP contribution in [0.15, 0.2) is 24.3 Å². The maximum absolute atomic E-state index is 12.0. The number of anilines is 1. The summed E-state index contributed by atoms with van der Waals surface area (Å²) in [7, 11) is 0. The first-order chi connectivity index (χ1) is 9.70. The van der Waals surface area contributed by atoms with E-state index < -0.39 is 0 Å². The van der Waals surface area contributed by atoms with Gasteiger partial charge in [0, 0.05) is 17.0 Å². The van der Waals surface area contributed by atoms with Gasteiger partial charge >= 0.3 is 0 Å². The zero-order valence-corrected chi connectivity index (χ0v) is 13.1. The van der Waals surface area contributed by atoms with Gasteiger partial charge in [0.2, 0.25) is 5.91 Å². The predicted octanol–water partition coefficient (Wildman–Crippen LogP) is 3.20. The maximum atomic E-state index is 12.0. The van der Waals surface area contributed by atoms with Crippen LogP contribution in [0.5, 0.6) is 0 Å². The molecule has 0 heterocycles. The number of aryl methyl sites for hydroxylation is 1. The fraction of sp³-hybridized carbons (Fsp3) is 0.562. The summed E-state index contributed by atoms with van der Waals surface area (Å²) in [6.45, 7) is 4.61. The fourth-order valence-electron chi connectivity index (χ4n) is 2.70. The van der Waals surface area contributed by atoms with E-state index in [9.17, 15) is 4.79 Å². The second kappa shape index (κ2) is 7.70. The number of rotatable bonds is 6. The fourth-order valence-corrected chi connectivity index (χ4v) is 3.93. The van der Waals surface area contributed by atoms with Gasteiger partial charge in [-0.2, -0.15) is 11.8 Å². The predicted molar refractivity (Wildman–Crippen MR) is 87.4 cm³/mol. The van der Waals surface area contributed by atoms with Gasteiger partial charge < -0.3 is 10.6 Å². The van der Waals surface area contributed by atoms with Crippen molar-refractivity contribution in [2.45, 2.75) is 44.4 Å². The minimum Gasteiger partial charge on any atom is -0.325 e. The highest BCUT2D eigenvalue weighted by Crippen LogP contribution is 2.29. The molecule has 2 unspecified atom stereocenters. The Morgan fingerprint density at radius 2 is 2.15 bits per heavy atom. The van der Waals surface area contributed by atoms with Crippen LogP contribution >= 0.6 is 11.8 Å². The van der Waals surface area contributed by atoms with Crippen molar-refractivity contribution in [3.8, 4) is 0 Å². The van der Waals surface area contributed by atoms with E-state index >= 15 is 0 Å². The molecule has 4 heteroatoms. The van der Waals surface area contributed by atoms with Gasteiger partial charge in [-0.15, -0.1) is 0 Å². The Bertz CT molecular complexity index is 450. The number of hydrogen-bond acceptors (Lipinski definition) is 3. The molecule has 3 nitrogen and oxygen atoms in total. The van der Waals surface area contributed by atoms with Gasteiger partial charge in [0.1, 0.15) is 0 Å². The van der Waals surface area contributed by atoms with Crippen LogP contribution in [-0.2, 0) is 4.79 Å². The topological polar surface area (TPSA) is 41.1 Å². The largest absolute Gasteiger partial charge is 0.325 e. The van der Waals surface area contributed by atoms with E-state index in [-0.39, 0.29) is 5.91 Å². The van der Waals surface area contributed by atoms with Gasteiger partial charge in [-0.1, -0.05) is 31.5 Å². The van der Waals surface area contributed by atoms with Gasteiger partial charge in [-0.3, -0.25) is 4.79 Å². The number of nitrogens with one attached hydrogen (secondary N) is 2. The van der Waals surface area contributed by atoms with Crippen LogP contribution in [-0.4, -0.2) is 29.5 Å². The molecule has 1 aromatic carbocycles. The Morgan fingerprint density at radius 3 is 2.90 bits per heavy atom. The van der Waals surface area contributed by atoms with Crippen molar-refractivity contribution in [3.05, 3.63) is 29.8 Å². The molecule has 1 amide bonds. The van der Waals surface area contributed by atoms with Gasteiger partial charge in [0.05, 0.1) is 6.54 Å². The molecule has 0 radical (unpaired) electrons. The van der Waals surface area contributed by atoms with Gasteiger partial charge in [-0.25, -0.2) is 0 Å². The molecule has 1 aliphatic rings. The molecule has 0 aliphatic heterocycles. The van der Waals surface area contributed by atoms with Crippen molar-refractivity contribution in [1.29, 1.82) is 0 Å². The second-order valence-corrected chi connectivity index (χ2v) is 6.79. The van der Waals surface area contributed by atoms with E-state index in [4.69, 9.17) is 0 Å². The van der Waals surface area contributed by atoms with Crippen LogP contribution < -0.4 is 10.6 Å². The number of para-hydroxylation sites is 1. The summed E-state index contributed by atoms with van der Waals surface area (Å²) in [5.74, 6) is 1.20. The van der Waals surface area contributed by atoms with Crippen molar-refractivity contribution in [3.63, 3.8) is 0 Å². The average molecular weight is 292 g/mol. The first kappa shape index (κ1) is 15.4. The van der Waals surface area contributed by atoms with Crippen molar-refractivity contribution in [1.82, 2.24) is 5.32 Å². The van der Waals surface area contributed by atoms with E-state index in [2.05, 4.69) is 17.6 Å². The van der Waals surface area contributed by atoms with Crippen LogP contribution in [0.2, 0.25) is 0 Å². The minimum atomic E-state index is 0.0476. The van der Waals surface area contributed by atoms with Crippen LogP contribution in [0.3, 0.4) is 0 Å². The summed E-state index contributed by atoms with van der Waals surface area (Å²) in [6, 6.07) is 8.37.